The highest BCUT2D eigenvalue weighted by Crippen LogP contribution is 2.26. The fraction of sp³-hybridized carbons (Fsp3) is 0.500. The molecule has 0 unspecified atom stereocenters. The molecule has 0 aromatic heterocycles. The van der Waals surface area contributed by atoms with Crippen molar-refractivity contribution in [3.8, 4) is 5.75 Å². The third-order valence-electron chi connectivity index (χ3n) is 1.90. The van der Waals surface area contributed by atoms with E-state index in [4.69, 9.17) is 4.74 Å². The molecule has 1 aromatic rings. The lowest BCUT2D eigenvalue weighted by molar-refractivity contribution is 0.239. The van der Waals surface area contributed by atoms with Gasteiger partial charge < -0.3 is 4.74 Å². The Bertz CT molecular complexity index is 264. The van der Waals surface area contributed by atoms with Crippen molar-refractivity contribution in [2.24, 2.45) is 0 Å². The summed E-state index contributed by atoms with van der Waals surface area (Å²) in [6.45, 7) is 8.47. The minimum absolute atomic E-state index is 0.250. The number of ether oxygens (including phenoxy) is 1. The van der Waals surface area contributed by atoms with Crippen LogP contribution in [-0.2, 0) is 0 Å². The quantitative estimate of drug-likeness (QED) is 0.687. The third kappa shape index (κ3) is 2.76. The van der Waals surface area contributed by atoms with Crippen LogP contribution >= 0.6 is 0 Å². The lowest BCUT2D eigenvalue weighted by atomic mass is 10.0. The normalized spacial score (nSPS) is 10.9. The van der Waals surface area contributed by atoms with Gasteiger partial charge in [-0.1, -0.05) is 32.0 Å². The van der Waals surface area contributed by atoms with Crippen molar-refractivity contribution in [1.82, 2.24) is 0 Å². The summed E-state index contributed by atoms with van der Waals surface area (Å²) in [5, 5.41) is 0. The molecule has 1 aromatic carbocycles. The van der Waals surface area contributed by atoms with E-state index >= 15 is 0 Å². The van der Waals surface area contributed by atoms with Crippen LogP contribution in [0.5, 0.6) is 5.75 Å². The summed E-state index contributed by atoms with van der Waals surface area (Å²) in [6.07, 6.45) is 0.250. The highest BCUT2D eigenvalue weighted by molar-refractivity contribution is 5.35. The van der Waals surface area contributed by atoms with Gasteiger partial charge in [0.05, 0.1) is 6.10 Å². The van der Waals surface area contributed by atoms with Crippen LogP contribution in [0.4, 0.5) is 0 Å². The van der Waals surface area contributed by atoms with Crippen molar-refractivity contribution in [2.75, 3.05) is 0 Å². The summed E-state index contributed by atoms with van der Waals surface area (Å²) in [5.41, 5.74) is 1.29. The van der Waals surface area contributed by atoms with Gasteiger partial charge in [-0.05, 0) is 31.4 Å². The Kier molecular flexibility index (Phi) is 3.35. The minimum atomic E-state index is 0.250. The smallest absolute Gasteiger partial charge is 0.123 e. The number of hydrogen-bond acceptors (Lipinski definition) is 1. The molecular weight excluding hydrogens is 160 g/mol. The highest BCUT2D eigenvalue weighted by atomic mass is 16.5. The van der Waals surface area contributed by atoms with Gasteiger partial charge in [-0.25, -0.2) is 0 Å². The molecule has 72 valence electrons. The zero-order valence-electron chi connectivity index (χ0n) is 8.87. The molecule has 0 aliphatic heterocycles. The average Bonchev–Trinajstić information content (AvgIpc) is 2.03. The maximum absolute atomic E-state index is 5.71. The zero-order chi connectivity index (χ0) is 9.84. The molecule has 0 radical (unpaired) electrons. The predicted molar refractivity (Wildman–Crippen MR) is 56.3 cm³/mol. The Morgan fingerprint density at radius 3 is 2.15 bits per heavy atom. The lowest BCUT2D eigenvalue weighted by Gasteiger charge is -2.15. The number of rotatable bonds is 3. The molecule has 0 atom stereocenters. The molecule has 1 heteroatoms. The van der Waals surface area contributed by atoms with E-state index in [0.717, 1.165) is 5.75 Å². The SMILES string of the molecule is CC(C)Oc1ccccc1C(C)C. The van der Waals surface area contributed by atoms with E-state index in [1.54, 1.807) is 0 Å². The largest absolute Gasteiger partial charge is 0.491 e. The first-order chi connectivity index (χ1) is 6.11. The topological polar surface area (TPSA) is 9.23 Å². The average molecular weight is 178 g/mol. The van der Waals surface area contributed by atoms with Crippen LogP contribution in [0.15, 0.2) is 24.3 Å². The second-order valence-corrected chi connectivity index (χ2v) is 3.86. The van der Waals surface area contributed by atoms with Gasteiger partial charge in [-0.3, -0.25) is 0 Å². The maximum Gasteiger partial charge on any atom is 0.123 e. The van der Waals surface area contributed by atoms with E-state index in [9.17, 15) is 0 Å². The Balaban J connectivity index is 2.91. The highest BCUT2D eigenvalue weighted by Gasteiger charge is 2.07. The molecule has 0 saturated heterocycles. The Morgan fingerprint density at radius 1 is 1.00 bits per heavy atom. The first-order valence-corrected chi connectivity index (χ1v) is 4.87. The summed E-state index contributed by atoms with van der Waals surface area (Å²) in [7, 11) is 0. The molecule has 0 spiro atoms. The van der Waals surface area contributed by atoms with Crippen molar-refractivity contribution in [2.45, 2.75) is 39.7 Å². The summed E-state index contributed by atoms with van der Waals surface area (Å²) in [5.74, 6) is 1.54. The fourth-order valence-electron chi connectivity index (χ4n) is 1.32. The van der Waals surface area contributed by atoms with Crippen LogP contribution in [0.1, 0.15) is 39.2 Å². The summed E-state index contributed by atoms with van der Waals surface area (Å²) in [6, 6.07) is 8.24. The standard InChI is InChI=1S/C12H18O/c1-9(2)11-7-5-6-8-12(11)13-10(3)4/h5-10H,1-4H3. The number of hydrogen-bond donors (Lipinski definition) is 0. The molecule has 1 nitrogen and oxygen atoms in total. The Labute approximate surface area is 80.7 Å². The number of para-hydroxylation sites is 1. The van der Waals surface area contributed by atoms with Gasteiger partial charge in [0.15, 0.2) is 0 Å². The van der Waals surface area contributed by atoms with E-state index in [2.05, 4.69) is 39.8 Å². The van der Waals surface area contributed by atoms with Gasteiger partial charge >= 0.3 is 0 Å². The van der Waals surface area contributed by atoms with Gasteiger partial charge in [-0.2, -0.15) is 0 Å². The van der Waals surface area contributed by atoms with Crippen LogP contribution in [0, 0.1) is 0 Å². The van der Waals surface area contributed by atoms with Crippen molar-refractivity contribution in [3.05, 3.63) is 29.8 Å². The molecule has 0 saturated carbocycles. The zero-order valence-corrected chi connectivity index (χ0v) is 8.87. The molecular formula is C12H18O. The summed E-state index contributed by atoms with van der Waals surface area (Å²) in [4.78, 5) is 0. The Hall–Kier alpha value is -0.980. The molecule has 0 amide bonds. The maximum atomic E-state index is 5.71. The Morgan fingerprint density at radius 2 is 1.62 bits per heavy atom. The second kappa shape index (κ2) is 4.31. The van der Waals surface area contributed by atoms with E-state index in [-0.39, 0.29) is 6.10 Å². The predicted octanol–water partition coefficient (Wildman–Crippen LogP) is 3.60. The van der Waals surface area contributed by atoms with E-state index < -0.39 is 0 Å². The van der Waals surface area contributed by atoms with Crippen LogP contribution < -0.4 is 4.74 Å². The molecule has 0 bridgehead atoms. The minimum Gasteiger partial charge on any atom is -0.491 e. The second-order valence-electron chi connectivity index (χ2n) is 3.86. The van der Waals surface area contributed by atoms with Gasteiger partial charge in [0.2, 0.25) is 0 Å². The lowest BCUT2D eigenvalue weighted by Crippen LogP contribution is -2.07. The van der Waals surface area contributed by atoms with Crippen LogP contribution in [0.3, 0.4) is 0 Å². The molecule has 0 aliphatic rings. The first kappa shape index (κ1) is 10.1. The van der Waals surface area contributed by atoms with E-state index in [0.29, 0.717) is 5.92 Å². The van der Waals surface area contributed by atoms with Crippen LogP contribution in [0.2, 0.25) is 0 Å². The van der Waals surface area contributed by atoms with E-state index in [1.807, 2.05) is 12.1 Å². The monoisotopic (exact) mass is 178 g/mol. The summed E-state index contributed by atoms with van der Waals surface area (Å²) < 4.78 is 5.71. The summed E-state index contributed by atoms with van der Waals surface area (Å²) >= 11 is 0. The molecule has 0 fully saturated rings. The van der Waals surface area contributed by atoms with Crippen molar-refractivity contribution >= 4 is 0 Å². The first-order valence-electron chi connectivity index (χ1n) is 4.87. The van der Waals surface area contributed by atoms with Crippen molar-refractivity contribution in [3.63, 3.8) is 0 Å². The molecule has 0 N–H and O–H groups in total. The van der Waals surface area contributed by atoms with Crippen molar-refractivity contribution in [1.29, 1.82) is 0 Å². The van der Waals surface area contributed by atoms with Crippen molar-refractivity contribution < 1.29 is 4.74 Å². The fourth-order valence-corrected chi connectivity index (χ4v) is 1.32. The molecule has 0 heterocycles. The van der Waals surface area contributed by atoms with Gasteiger partial charge in [0.25, 0.3) is 0 Å². The third-order valence-corrected chi connectivity index (χ3v) is 1.90. The van der Waals surface area contributed by atoms with Crippen LogP contribution in [-0.4, -0.2) is 6.10 Å². The molecule has 1 rings (SSSR count). The van der Waals surface area contributed by atoms with Gasteiger partial charge in [-0.15, -0.1) is 0 Å². The molecule has 13 heavy (non-hydrogen) atoms. The molecule has 0 aliphatic carbocycles. The number of benzene rings is 1. The van der Waals surface area contributed by atoms with E-state index in [1.165, 1.54) is 5.56 Å². The van der Waals surface area contributed by atoms with Gasteiger partial charge in [0.1, 0.15) is 5.75 Å². The van der Waals surface area contributed by atoms with Gasteiger partial charge in [0, 0.05) is 0 Å². The van der Waals surface area contributed by atoms with Crippen LogP contribution in [0.25, 0.3) is 0 Å².